The minimum Gasteiger partial charge on any atom is -0.376 e. The monoisotopic (exact) mass is 362 g/mol. The van der Waals surface area contributed by atoms with Crippen molar-refractivity contribution in [2.75, 3.05) is 13.2 Å². The highest BCUT2D eigenvalue weighted by Gasteiger charge is 2.23. The number of ether oxygens (including phenoxy) is 1. The molecule has 1 fully saturated rings. The van der Waals surface area contributed by atoms with Crippen LogP contribution in [0.1, 0.15) is 28.8 Å². The molecule has 0 aliphatic carbocycles. The quantitative estimate of drug-likeness (QED) is 0.841. The lowest BCUT2D eigenvalue weighted by Crippen LogP contribution is -2.42. The Bertz CT molecular complexity index is 699. The Kier molecular flexibility index (Phi) is 6.04. The van der Waals surface area contributed by atoms with E-state index in [0.29, 0.717) is 25.2 Å². The fraction of sp³-hybridized carbons (Fsp3) is 0.421. The lowest BCUT2D eigenvalue weighted by Gasteiger charge is -2.25. The fourth-order valence-electron chi connectivity index (χ4n) is 2.88. The summed E-state index contributed by atoms with van der Waals surface area (Å²) in [5, 5.41) is 4.91. The van der Waals surface area contributed by atoms with Gasteiger partial charge in [-0.15, -0.1) is 11.3 Å². The van der Waals surface area contributed by atoms with E-state index in [4.69, 9.17) is 4.74 Å². The molecule has 25 heavy (non-hydrogen) atoms. The van der Waals surface area contributed by atoms with E-state index < -0.39 is 0 Å². The van der Waals surface area contributed by atoms with Gasteiger partial charge >= 0.3 is 6.03 Å². The van der Waals surface area contributed by atoms with Crippen molar-refractivity contribution in [1.29, 1.82) is 0 Å². The topological polar surface area (TPSA) is 41.6 Å². The summed E-state index contributed by atoms with van der Waals surface area (Å²) in [7, 11) is 0. The summed E-state index contributed by atoms with van der Waals surface area (Å²) in [6.45, 7) is 3.93. The number of hydrogen-bond acceptors (Lipinski definition) is 3. The SMILES string of the molecule is Cc1ccc(CNC(=O)N(Cc2cccs2)CC2CCCO2)cc1F. The Morgan fingerprint density at radius 3 is 3.00 bits per heavy atom. The summed E-state index contributed by atoms with van der Waals surface area (Å²) in [5.41, 5.74) is 1.36. The van der Waals surface area contributed by atoms with E-state index in [1.54, 1.807) is 29.2 Å². The van der Waals surface area contributed by atoms with Gasteiger partial charge in [0.1, 0.15) is 5.82 Å². The number of rotatable bonds is 6. The van der Waals surface area contributed by atoms with Crippen molar-refractivity contribution in [2.45, 2.75) is 39.0 Å². The summed E-state index contributed by atoms with van der Waals surface area (Å²) in [6, 6.07) is 8.89. The average Bonchev–Trinajstić information content (AvgIpc) is 3.29. The summed E-state index contributed by atoms with van der Waals surface area (Å²) >= 11 is 1.63. The molecular weight excluding hydrogens is 339 g/mol. The molecule has 6 heteroatoms. The van der Waals surface area contributed by atoms with Crippen LogP contribution in [0.4, 0.5) is 9.18 Å². The van der Waals surface area contributed by atoms with Gasteiger partial charge in [-0.05, 0) is 48.4 Å². The molecule has 1 aromatic carbocycles. The van der Waals surface area contributed by atoms with Crippen LogP contribution in [0.3, 0.4) is 0 Å². The van der Waals surface area contributed by atoms with Crippen LogP contribution in [0, 0.1) is 12.7 Å². The van der Waals surface area contributed by atoms with Gasteiger partial charge in [0.05, 0.1) is 12.6 Å². The number of benzene rings is 1. The molecule has 2 heterocycles. The molecule has 134 valence electrons. The predicted molar refractivity (Wildman–Crippen MR) is 97.1 cm³/mol. The Balaban J connectivity index is 1.61. The van der Waals surface area contributed by atoms with E-state index in [-0.39, 0.29) is 18.0 Å². The Morgan fingerprint density at radius 2 is 2.32 bits per heavy atom. The van der Waals surface area contributed by atoms with Crippen molar-refractivity contribution in [1.82, 2.24) is 10.2 Å². The third-order valence-corrected chi connectivity index (χ3v) is 5.20. The third kappa shape index (κ3) is 5.03. The Labute approximate surface area is 151 Å². The van der Waals surface area contributed by atoms with Gasteiger partial charge < -0.3 is 15.0 Å². The molecule has 1 aliphatic heterocycles. The molecule has 4 nitrogen and oxygen atoms in total. The lowest BCUT2D eigenvalue weighted by molar-refractivity contribution is 0.0796. The van der Waals surface area contributed by atoms with E-state index in [1.165, 1.54) is 6.07 Å². The number of nitrogens with zero attached hydrogens (tertiary/aromatic N) is 1. The summed E-state index contributed by atoms with van der Waals surface area (Å²) in [6.07, 6.45) is 2.13. The normalized spacial score (nSPS) is 16.8. The highest BCUT2D eigenvalue weighted by Crippen LogP contribution is 2.17. The van der Waals surface area contributed by atoms with Crippen molar-refractivity contribution in [3.8, 4) is 0 Å². The highest BCUT2D eigenvalue weighted by molar-refractivity contribution is 7.09. The van der Waals surface area contributed by atoms with E-state index in [1.807, 2.05) is 23.6 Å². The second-order valence-corrected chi connectivity index (χ2v) is 7.37. The molecule has 1 atom stereocenters. The zero-order valence-corrected chi connectivity index (χ0v) is 15.2. The van der Waals surface area contributed by atoms with Gasteiger partial charge in [0.15, 0.2) is 0 Å². The number of halogens is 1. The first-order chi connectivity index (χ1) is 12.1. The van der Waals surface area contributed by atoms with Crippen LogP contribution in [-0.2, 0) is 17.8 Å². The number of carbonyl (C=O) groups is 1. The van der Waals surface area contributed by atoms with Gasteiger partial charge in [-0.1, -0.05) is 18.2 Å². The molecule has 0 spiro atoms. The zero-order valence-electron chi connectivity index (χ0n) is 14.3. The molecule has 3 rings (SSSR count). The molecule has 2 aromatic rings. The van der Waals surface area contributed by atoms with Crippen LogP contribution in [-0.4, -0.2) is 30.2 Å². The molecule has 1 unspecified atom stereocenters. The van der Waals surface area contributed by atoms with Crippen molar-refractivity contribution < 1.29 is 13.9 Å². The van der Waals surface area contributed by atoms with Gasteiger partial charge in [0.25, 0.3) is 0 Å². The minimum atomic E-state index is -0.249. The first kappa shape index (κ1) is 17.9. The van der Waals surface area contributed by atoms with Gasteiger partial charge in [0.2, 0.25) is 0 Å². The number of nitrogens with one attached hydrogen (secondary N) is 1. The number of urea groups is 1. The van der Waals surface area contributed by atoms with Crippen LogP contribution in [0.25, 0.3) is 0 Å². The van der Waals surface area contributed by atoms with Crippen molar-refractivity contribution >= 4 is 17.4 Å². The van der Waals surface area contributed by atoms with Crippen molar-refractivity contribution in [3.05, 3.63) is 57.5 Å². The molecule has 1 aliphatic rings. The molecule has 0 radical (unpaired) electrons. The van der Waals surface area contributed by atoms with E-state index >= 15 is 0 Å². The third-order valence-electron chi connectivity index (χ3n) is 4.34. The van der Waals surface area contributed by atoms with Crippen LogP contribution >= 0.6 is 11.3 Å². The molecule has 0 bridgehead atoms. The van der Waals surface area contributed by atoms with Crippen molar-refractivity contribution in [2.24, 2.45) is 0 Å². The van der Waals surface area contributed by atoms with Gasteiger partial charge in [0, 0.05) is 24.6 Å². The van der Waals surface area contributed by atoms with E-state index in [0.717, 1.165) is 29.9 Å². The number of amides is 2. The first-order valence-electron chi connectivity index (χ1n) is 8.53. The van der Waals surface area contributed by atoms with Crippen molar-refractivity contribution in [3.63, 3.8) is 0 Å². The number of hydrogen-bond donors (Lipinski definition) is 1. The van der Waals surface area contributed by atoms with Crippen LogP contribution < -0.4 is 5.32 Å². The summed E-state index contributed by atoms with van der Waals surface area (Å²) < 4.78 is 19.3. The smallest absolute Gasteiger partial charge is 0.318 e. The standard InChI is InChI=1S/C19H23FN2O2S/c1-14-6-7-15(10-18(14)20)11-21-19(23)22(12-16-4-2-8-24-16)13-17-5-3-9-25-17/h3,5-7,9-10,16H,2,4,8,11-13H2,1H3,(H,21,23). The van der Waals surface area contributed by atoms with E-state index in [2.05, 4.69) is 5.32 Å². The molecular formula is C19H23FN2O2S. The van der Waals surface area contributed by atoms with E-state index in [9.17, 15) is 9.18 Å². The maximum absolute atomic E-state index is 13.6. The zero-order chi connectivity index (χ0) is 17.6. The van der Waals surface area contributed by atoms with Gasteiger partial charge in [-0.25, -0.2) is 9.18 Å². The summed E-state index contributed by atoms with van der Waals surface area (Å²) in [4.78, 5) is 15.6. The Morgan fingerprint density at radius 1 is 1.44 bits per heavy atom. The number of thiophene rings is 1. The first-order valence-corrected chi connectivity index (χ1v) is 9.41. The van der Waals surface area contributed by atoms with Gasteiger partial charge in [-0.3, -0.25) is 0 Å². The van der Waals surface area contributed by atoms with Crippen LogP contribution in [0.5, 0.6) is 0 Å². The lowest BCUT2D eigenvalue weighted by atomic mass is 10.1. The number of aryl methyl sites for hydroxylation is 1. The molecule has 2 amide bonds. The highest BCUT2D eigenvalue weighted by atomic mass is 32.1. The largest absolute Gasteiger partial charge is 0.376 e. The minimum absolute atomic E-state index is 0.0996. The maximum Gasteiger partial charge on any atom is 0.318 e. The molecule has 1 saturated heterocycles. The maximum atomic E-state index is 13.6. The number of carbonyl (C=O) groups excluding carboxylic acids is 1. The second kappa shape index (κ2) is 8.45. The average molecular weight is 362 g/mol. The predicted octanol–water partition coefficient (Wildman–Crippen LogP) is 4.09. The molecule has 1 aromatic heterocycles. The van der Waals surface area contributed by atoms with Crippen LogP contribution in [0.2, 0.25) is 0 Å². The van der Waals surface area contributed by atoms with Gasteiger partial charge in [-0.2, -0.15) is 0 Å². The molecule has 0 saturated carbocycles. The Hall–Kier alpha value is -1.92. The summed E-state index contributed by atoms with van der Waals surface area (Å²) in [5.74, 6) is -0.249. The van der Waals surface area contributed by atoms with Crippen LogP contribution in [0.15, 0.2) is 35.7 Å². The second-order valence-electron chi connectivity index (χ2n) is 6.34. The molecule has 1 N–H and O–H groups in total. The fourth-order valence-corrected chi connectivity index (χ4v) is 3.60.